The normalized spacial score (nSPS) is 15.1. The van der Waals surface area contributed by atoms with Crippen LogP contribution in [0.1, 0.15) is 6.42 Å². The van der Waals surface area contributed by atoms with Crippen molar-refractivity contribution in [1.29, 1.82) is 0 Å². The minimum absolute atomic E-state index is 0.494. The van der Waals surface area contributed by atoms with Gasteiger partial charge in [0, 0.05) is 18.2 Å². The summed E-state index contributed by atoms with van der Waals surface area (Å²) < 4.78 is 5.83. The molecule has 1 aliphatic carbocycles. The molecule has 0 unspecified atom stereocenters. The third-order valence-corrected chi connectivity index (χ3v) is 3.31. The monoisotopic (exact) mass is 282 g/mol. The first-order chi connectivity index (χ1) is 8.70. The molecule has 1 aromatic rings. The summed E-state index contributed by atoms with van der Waals surface area (Å²) in [5.41, 5.74) is 1.14. The molecule has 0 saturated carbocycles. The van der Waals surface area contributed by atoms with E-state index in [1.165, 1.54) is 0 Å². The average molecular weight is 283 g/mol. The molecule has 1 aromatic carbocycles. The van der Waals surface area contributed by atoms with E-state index in [2.05, 4.69) is 17.8 Å². The van der Waals surface area contributed by atoms with Crippen LogP contribution >= 0.6 is 23.2 Å². The van der Waals surface area contributed by atoms with Gasteiger partial charge >= 0.3 is 0 Å². The van der Waals surface area contributed by atoms with Crippen molar-refractivity contribution in [3.8, 4) is 5.75 Å². The van der Waals surface area contributed by atoms with E-state index in [0.29, 0.717) is 15.8 Å². The maximum Gasteiger partial charge on any atom is 0.129 e. The van der Waals surface area contributed by atoms with Crippen molar-refractivity contribution >= 4 is 23.2 Å². The number of allylic oxidation sites excluding steroid dienone is 2. The molecule has 0 amide bonds. The van der Waals surface area contributed by atoms with Crippen LogP contribution in [0.15, 0.2) is 41.7 Å². The smallest absolute Gasteiger partial charge is 0.129 e. The van der Waals surface area contributed by atoms with Gasteiger partial charge in [-0.25, -0.2) is 0 Å². The maximum absolute atomic E-state index is 5.96. The molecule has 2 rings (SSSR count). The van der Waals surface area contributed by atoms with E-state index in [-0.39, 0.29) is 0 Å². The Labute approximate surface area is 117 Å². The number of likely N-dealkylation sites (N-methyl/N-ethyl adjacent to an activating group) is 1. The molecule has 0 aromatic heterocycles. The molecule has 0 bridgehead atoms. The Bertz CT molecular complexity index is 495. The van der Waals surface area contributed by atoms with Gasteiger partial charge in [-0.15, -0.1) is 0 Å². The van der Waals surface area contributed by atoms with Crippen LogP contribution in [0.25, 0.3) is 0 Å². The Morgan fingerprint density at radius 3 is 2.83 bits per heavy atom. The molecular weight excluding hydrogens is 269 g/mol. The second-order valence-electron chi connectivity index (χ2n) is 3.94. The Hall–Kier alpha value is -0.960. The van der Waals surface area contributed by atoms with Crippen molar-refractivity contribution < 1.29 is 4.74 Å². The number of rotatable bonds is 4. The van der Waals surface area contributed by atoms with Gasteiger partial charge in [0.25, 0.3) is 0 Å². The van der Waals surface area contributed by atoms with E-state index in [1.54, 1.807) is 18.2 Å². The molecule has 1 N–H and O–H groups in total. The van der Waals surface area contributed by atoms with Crippen LogP contribution in [-0.2, 0) is 0 Å². The van der Waals surface area contributed by atoms with Gasteiger partial charge in [0.15, 0.2) is 0 Å². The van der Waals surface area contributed by atoms with E-state index >= 15 is 0 Å². The quantitative estimate of drug-likeness (QED) is 0.901. The Morgan fingerprint density at radius 2 is 2.11 bits per heavy atom. The van der Waals surface area contributed by atoms with Crippen LogP contribution in [0.2, 0.25) is 10.0 Å². The highest BCUT2D eigenvalue weighted by molar-refractivity contribution is 6.42. The fourth-order valence-corrected chi connectivity index (χ4v) is 2.00. The SMILES string of the molecule is CNCC1=CC[CH]C=C1Oc1ccc(Cl)c(Cl)c1. The Balaban J connectivity index is 2.14. The lowest BCUT2D eigenvalue weighted by molar-refractivity contribution is 0.430. The fourth-order valence-electron chi connectivity index (χ4n) is 1.71. The molecule has 0 heterocycles. The minimum atomic E-state index is 0.494. The number of halogens is 2. The predicted octanol–water partition coefficient (Wildman–Crippen LogP) is 4.01. The molecule has 0 fully saturated rings. The summed E-state index contributed by atoms with van der Waals surface area (Å²) in [5.74, 6) is 1.53. The third-order valence-electron chi connectivity index (χ3n) is 2.57. The Morgan fingerprint density at radius 1 is 1.28 bits per heavy atom. The largest absolute Gasteiger partial charge is 0.457 e. The van der Waals surface area contributed by atoms with Crippen LogP contribution in [0.4, 0.5) is 0 Å². The topological polar surface area (TPSA) is 21.3 Å². The lowest BCUT2D eigenvalue weighted by atomic mass is 10.1. The lowest BCUT2D eigenvalue weighted by Gasteiger charge is -2.17. The van der Waals surface area contributed by atoms with Gasteiger partial charge in [0.2, 0.25) is 0 Å². The molecule has 0 saturated heterocycles. The standard InChI is InChI=1S/C14H14Cl2NO/c1-17-9-10-4-2-3-5-14(10)18-11-6-7-12(15)13(16)8-11/h3-8,17H,2,9H2,1H3. The fraction of sp³-hybridized carbons (Fsp3) is 0.214. The van der Waals surface area contributed by atoms with Gasteiger partial charge in [-0.3, -0.25) is 0 Å². The Kier molecular flexibility index (Phi) is 4.70. The molecule has 0 atom stereocenters. The summed E-state index contributed by atoms with van der Waals surface area (Å²) in [6, 6.07) is 5.25. The maximum atomic E-state index is 5.96. The molecule has 95 valence electrons. The van der Waals surface area contributed by atoms with Crippen LogP contribution in [0.5, 0.6) is 5.75 Å². The highest BCUT2D eigenvalue weighted by Gasteiger charge is 2.11. The summed E-state index contributed by atoms with van der Waals surface area (Å²) in [5, 5.41) is 4.14. The summed E-state index contributed by atoms with van der Waals surface area (Å²) in [4.78, 5) is 0. The first-order valence-corrected chi connectivity index (χ1v) is 6.46. The summed E-state index contributed by atoms with van der Waals surface area (Å²) >= 11 is 11.8. The lowest BCUT2D eigenvalue weighted by Crippen LogP contribution is -2.16. The first kappa shape index (κ1) is 13.5. The molecule has 1 radical (unpaired) electrons. The molecular formula is C14H14Cl2NO. The van der Waals surface area contributed by atoms with E-state index in [0.717, 1.165) is 24.3 Å². The van der Waals surface area contributed by atoms with E-state index in [4.69, 9.17) is 27.9 Å². The van der Waals surface area contributed by atoms with Crippen molar-refractivity contribution in [2.45, 2.75) is 6.42 Å². The molecule has 0 spiro atoms. The number of ether oxygens (including phenoxy) is 1. The zero-order chi connectivity index (χ0) is 13.0. The zero-order valence-electron chi connectivity index (χ0n) is 10.0. The van der Waals surface area contributed by atoms with Gasteiger partial charge < -0.3 is 10.1 Å². The van der Waals surface area contributed by atoms with Crippen molar-refractivity contribution in [2.24, 2.45) is 0 Å². The second-order valence-corrected chi connectivity index (χ2v) is 4.75. The van der Waals surface area contributed by atoms with Gasteiger partial charge in [0.1, 0.15) is 11.5 Å². The van der Waals surface area contributed by atoms with Gasteiger partial charge in [0.05, 0.1) is 10.0 Å². The first-order valence-electron chi connectivity index (χ1n) is 5.71. The average Bonchev–Trinajstić information content (AvgIpc) is 2.37. The number of hydrogen-bond donors (Lipinski definition) is 1. The van der Waals surface area contributed by atoms with Crippen molar-refractivity contribution in [3.63, 3.8) is 0 Å². The third kappa shape index (κ3) is 3.29. The van der Waals surface area contributed by atoms with Crippen LogP contribution < -0.4 is 10.1 Å². The zero-order valence-corrected chi connectivity index (χ0v) is 11.6. The highest BCUT2D eigenvalue weighted by atomic mass is 35.5. The van der Waals surface area contributed by atoms with Crippen LogP contribution in [-0.4, -0.2) is 13.6 Å². The highest BCUT2D eigenvalue weighted by Crippen LogP contribution is 2.29. The van der Waals surface area contributed by atoms with E-state index < -0.39 is 0 Å². The molecule has 1 aliphatic rings. The number of benzene rings is 1. The summed E-state index contributed by atoms with van der Waals surface area (Å²) in [7, 11) is 1.91. The van der Waals surface area contributed by atoms with E-state index in [1.807, 2.05) is 13.1 Å². The van der Waals surface area contributed by atoms with Crippen molar-refractivity contribution in [1.82, 2.24) is 5.32 Å². The van der Waals surface area contributed by atoms with Gasteiger partial charge in [-0.2, -0.15) is 0 Å². The number of nitrogens with one attached hydrogen (secondary N) is 1. The van der Waals surface area contributed by atoms with E-state index in [9.17, 15) is 0 Å². The van der Waals surface area contributed by atoms with Crippen molar-refractivity contribution in [3.05, 3.63) is 58.1 Å². The molecule has 4 heteroatoms. The summed E-state index contributed by atoms with van der Waals surface area (Å²) in [6.45, 7) is 0.779. The molecule has 0 aliphatic heterocycles. The van der Waals surface area contributed by atoms with Gasteiger partial charge in [-0.1, -0.05) is 29.3 Å². The summed E-state index contributed by atoms with van der Waals surface area (Å²) in [6.07, 6.45) is 7.12. The second kappa shape index (κ2) is 6.28. The molecule has 2 nitrogen and oxygen atoms in total. The molecule has 18 heavy (non-hydrogen) atoms. The van der Waals surface area contributed by atoms with Crippen molar-refractivity contribution in [2.75, 3.05) is 13.6 Å². The van der Waals surface area contributed by atoms with Gasteiger partial charge in [-0.05, 0) is 38.1 Å². The predicted molar refractivity (Wildman–Crippen MR) is 76.1 cm³/mol. The number of hydrogen-bond acceptors (Lipinski definition) is 2. The minimum Gasteiger partial charge on any atom is -0.457 e. The van der Waals surface area contributed by atoms with Crippen LogP contribution in [0.3, 0.4) is 0 Å². The van der Waals surface area contributed by atoms with Crippen LogP contribution in [0, 0.1) is 6.42 Å².